The minimum absolute atomic E-state index is 0.0102. The van der Waals surface area contributed by atoms with Gasteiger partial charge in [0.05, 0.1) is 0 Å². The summed E-state index contributed by atoms with van der Waals surface area (Å²) < 4.78 is 27.0. The van der Waals surface area contributed by atoms with Crippen molar-refractivity contribution in [3.05, 3.63) is 59.7 Å². The van der Waals surface area contributed by atoms with Crippen LogP contribution in [0, 0.1) is 11.6 Å². The Labute approximate surface area is 121 Å². The van der Waals surface area contributed by atoms with Gasteiger partial charge in [-0.15, -0.1) is 0 Å². The summed E-state index contributed by atoms with van der Waals surface area (Å²) >= 11 is 0. The van der Waals surface area contributed by atoms with Crippen LogP contribution in [0.15, 0.2) is 42.5 Å². The van der Waals surface area contributed by atoms with Crippen molar-refractivity contribution in [3.8, 4) is 0 Å². The fourth-order valence-electron chi connectivity index (χ4n) is 2.57. The largest absolute Gasteiger partial charge is 0.384 e. The number of rotatable bonds is 3. The Hall–Kier alpha value is -2.43. The molecular formula is C16H14F2N2O. The van der Waals surface area contributed by atoms with Gasteiger partial charge < -0.3 is 10.6 Å². The summed E-state index contributed by atoms with van der Waals surface area (Å²) in [6, 6.07) is 11.2. The number of benzene rings is 2. The molecule has 2 aromatic carbocycles. The van der Waals surface area contributed by atoms with Crippen LogP contribution in [0.25, 0.3) is 0 Å². The average Bonchev–Trinajstić information content (AvgIpc) is 2.87. The second kappa shape index (κ2) is 5.52. The third kappa shape index (κ3) is 2.72. The molecule has 0 saturated heterocycles. The Kier molecular flexibility index (Phi) is 3.56. The van der Waals surface area contributed by atoms with E-state index in [-0.39, 0.29) is 18.0 Å². The molecule has 1 aliphatic rings. The van der Waals surface area contributed by atoms with Gasteiger partial charge in [-0.05, 0) is 23.8 Å². The molecule has 0 aliphatic carbocycles. The predicted molar refractivity (Wildman–Crippen MR) is 77.3 cm³/mol. The molecule has 108 valence electrons. The molecule has 0 saturated carbocycles. The molecule has 0 radical (unpaired) electrons. The Bertz CT molecular complexity index is 667. The third-order valence-corrected chi connectivity index (χ3v) is 3.60. The summed E-state index contributed by atoms with van der Waals surface area (Å²) in [6.07, 6.45) is 0.178. The van der Waals surface area contributed by atoms with Gasteiger partial charge in [0.15, 0.2) is 0 Å². The Balaban J connectivity index is 1.71. The molecule has 5 heteroatoms. The highest BCUT2D eigenvalue weighted by atomic mass is 19.1. The minimum Gasteiger partial charge on any atom is -0.384 e. The first-order valence-electron chi connectivity index (χ1n) is 6.72. The molecule has 21 heavy (non-hydrogen) atoms. The summed E-state index contributed by atoms with van der Waals surface area (Å²) in [7, 11) is 0. The highest BCUT2D eigenvalue weighted by molar-refractivity contribution is 5.91. The number of halogens is 2. The van der Waals surface area contributed by atoms with Gasteiger partial charge in [-0.3, -0.25) is 4.79 Å². The molecule has 0 spiro atoms. The molecule has 3 rings (SSSR count). The quantitative estimate of drug-likeness (QED) is 0.907. The number of carbonyl (C=O) groups is 1. The van der Waals surface area contributed by atoms with E-state index in [9.17, 15) is 13.6 Å². The molecular weight excluding hydrogens is 274 g/mol. The van der Waals surface area contributed by atoms with Crippen LogP contribution >= 0.6 is 0 Å². The number of nitrogens with one attached hydrogen (secondary N) is 2. The van der Waals surface area contributed by atoms with Gasteiger partial charge in [0.2, 0.25) is 5.91 Å². The van der Waals surface area contributed by atoms with Crippen molar-refractivity contribution in [2.24, 2.45) is 0 Å². The zero-order chi connectivity index (χ0) is 14.8. The van der Waals surface area contributed by atoms with Gasteiger partial charge in [-0.25, -0.2) is 8.78 Å². The van der Waals surface area contributed by atoms with Crippen molar-refractivity contribution in [3.63, 3.8) is 0 Å². The third-order valence-electron chi connectivity index (χ3n) is 3.60. The van der Waals surface area contributed by atoms with Crippen LogP contribution in [0.4, 0.5) is 20.2 Å². The van der Waals surface area contributed by atoms with Crippen LogP contribution in [-0.4, -0.2) is 12.5 Å². The fraction of sp³-hybridized carbons (Fsp3) is 0.188. The van der Waals surface area contributed by atoms with Gasteiger partial charge in [0, 0.05) is 24.6 Å². The lowest BCUT2D eigenvalue weighted by molar-refractivity contribution is -0.116. The first kappa shape index (κ1) is 13.5. The second-order valence-corrected chi connectivity index (χ2v) is 5.01. The molecule has 0 bridgehead atoms. The summed E-state index contributed by atoms with van der Waals surface area (Å²) in [6.45, 7) is 0.645. The van der Waals surface area contributed by atoms with Gasteiger partial charge >= 0.3 is 0 Å². The van der Waals surface area contributed by atoms with E-state index in [1.54, 1.807) is 0 Å². The number of anilines is 2. The number of hydrogen-bond donors (Lipinski definition) is 2. The number of carbonyl (C=O) groups excluding carboxylic acids is 1. The van der Waals surface area contributed by atoms with Crippen molar-refractivity contribution in [2.45, 2.75) is 12.3 Å². The molecule has 0 fully saturated rings. The monoisotopic (exact) mass is 288 g/mol. The van der Waals surface area contributed by atoms with Gasteiger partial charge in [0.1, 0.15) is 17.3 Å². The summed E-state index contributed by atoms with van der Waals surface area (Å²) in [4.78, 5) is 12.0. The Morgan fingerprint density at radius 3 is 2.62 bits per heavy atom. The maximum atomic E-state index is 13.5. The van der Waals surface area contributed by atoms with Crippen molar-refractivity contribution < 1.29 is 13.6 Å². The molecule has 2 N–H and O–H groups in total. The first-order valence-corrected chi connectivity index (χ1v) is 6.72. The van der Waals surface area contributed by atoms with E-state index >= 15 is 0 Å². The lowest BCUT2D eigenvalue weighted by atomic mass is 9.97. The molecule has 2 aromatic rings. The Morgan fingerprint density at radius 1 is 1.14 bits per heavy atom. The normalized spacial score (nSPS) is 16.2. The van der Waals surface area contributed by atoms with E-state index in [2.05, 4.69) is 10.6 Å². The summed E-state index contributed by atoms with van der Waals surface area (Å²) in [5.41, 5.74) is 1.68. The maximum absolute atomic E-state index is 13.5. The van der Waals surface area contributed by atoms with E-state index in [4.69, 9.17) is 0 Å². The molecule has 1 atom stereocenters. The van der Waals surface area contributed by atoms with Crippen molar-refractivity contribution in [2.75, 3.05) is 17.2 Å². The highest BCUT2D eigenvalue weighted by Crippen LogP contribution is 2.33. The topological polar surface area (TPSA) is 41.1 Å². The summed E-state index contributed by atoms with van der Waals surface area (Å²) in [5.74, 6) is -1.93. The van der Waals surface area contributed by atoms with E-state index < -0.39 is 17.5 Å². The molecule has 3 nitrogen and oxygen atoms in total. The van der Waals surface area contributed by atoms with Crippen LogP contribution in [-0.2, 0) is 4.79 Å². The summed E-state index contributed by atoms with van der Waals surface area (Å²) in [5, 5.41) is 5.53. The number of amides is 1. The number of fused-ring (bicyclic) bond motifs is 1. The lowest BCUT2D eigenvalue weighted by Crippen LogP contribution is -2.18. The standard InChI is InChI=1S/C16H14F2N2O/c17-12-5-3-6-13(18)16(12)20-15(21)8-10-9-19-14-7-2-1-4-11(10)14/h1-7,10,19H,8-9H2,(H,20,21). The van der Waals surface area contributed by atoms with Crippen LogP contribution < -0.4 is 10.6 Å². The molecule has 0 aromatic heterocycles. The van der Waals surface area contributed by atoms with E-state index in [0.29, 0.717) is 6.54 Å². The first-order chi connectivity index (χ1) is 10.1. The van der Waals surface area contributed by atoms with Crippen LogP contribution in [0.5, 0.6) is 0 Å². The van der Waals surface area contributed by atoms with Crippen molar-refractivity contribution >= 4 is 17.3 Å². The second-order valence-electron chi connectivity index (χ2n) is 5.01. The van der Waals surface area contributed by atoms with E-state index in [0.717, 1.165) is 23.4 Å². The smallest absolute Gasteiger partial charge is 0.225 e. The van der Waals surface area contributed by atoms with Crippen LogP contribution in [0.2, 0.25) is 0 Å². The van der Waals surface area contributed by atoms with Crippen molar-refractivity contribution in [1.29, 1.82) is 0 Å². The Morgan fingerprint density at radius 2 is 1.86 bits per heavy atom. The number of hydrogen-bond acceptors (Lipinski definition) is 2. The molecule has 1 unspecified atom stereocenters. The molecule has 1 heterocycles. The van der Waals surface area contributed by atoms with Gasteiger partial charge in [-0.2, -0.15) is 0 Å². The SMILES string of the molecule is O=C(CC1CNc2ccccc21)Nc1c(F)cccc1F. The fourth-order valence-corrected chi connectivity index (χ4v) is 2.57. The maximum Gasteiger partial charge on any atom is 0.225 e. The zero-order valence-electron chi connectivity index (χ0n) is 11.2. The molecule has 1 amide bonds. The zero-order valence-corrected chi connectivity index (χ0v) is 11.2. The van der Waals surface area contributed by atoms with Crippen molar-refractivity contribution in [1.82, 2.24) is 0 Å². The molecule has 1 aliphatic heterocycles. The average molecular weight is 288 g/mol. The highest BCUT2D eigenvalue weighted by Gasteiger charge is 2.24. The van der Waals surface area contributed by atoms with Gasteiger partial charge in [0.25, 0.3) is 0 Å². The predicted octanol–water partition coefficient (Wildman–Crippen LogP) is 3.50. The van der Waals surface area contributed by atoms with E-state index in [1.807, 2.05) is 24.3 Å². The lowest BCUT2D eigenvalue weighted by Gasteiger charge is -2.11. The number of para-hydroxylation sites is 2. The van der Waals surface area contributed by atoms with E-state index in [1.165, 1.54) is 6.07 Å². The van der Waals surface area contributed by atoms with Crippen LogP contribution in [0.1, 0.15) is 17.9 Å². The minimum atomic E-state index is -0.770. The van der Waals surface area contributed by atoms with Gasteiger partial charge in [-0.1, -0.05) is 24.3 Å². The van der Waals surface area contributed by atoms with Crippen LogP contribution in [0.3, 0.4) is 0 Å².